The van der Waals surface area contributed by atoms with E-state index in [0.29, 0.717) is 0 Å². The summed E-state index contributed by atoms with van der Waals surface area (Å²) >= 11 is 1.74. The van der Waals surface area contributed by atoms with E-state index in [4.69, 9.17) is 9.97 Å². The van der Waals surface area contributed by atoms with Crippen LogP contribution in [0.5, 0.6) is 0 Å². The molecule has 234 valence electrons. The third-order valence-corrected chi connectivity index (χ3v) is 12.2. The predicted octanol–water partition coefficient (Wildman–Crippen LogP) is 12.5. The molecule has 3 heteroatoms. The fourth-order valence-electron chi connectivity index (χ4n) is 8.50. The van der Waals surface area contributed by atoms with Crippen molar-refractivity contribution in [2.75, 3.05) is 0 Å². The highest BCUT2D eigenvalue weighted by Gasteiger charge is 2.41. The van der Waals surface area contributed by atoms with Gasteiger partial charge in [0.2, 0.25) is 0 Å². The minimum absolute atomic E-state index is 0.0183. The normalized spacial score (nSPS) is 14.9. The van der Waals surface area contributed by atoms with Crippen LogP contribution in [0.15, 0.2) is 133 Å². The standard InChI is InChI=1S/C46H34N2S/c1-45(2)36-19-10-8-17-31(36)34-25-39-35(26-38(34)45)32-22-21-29(24-37(32)46(39,3)4)28-15-12-16-30(23-28)43-47-42(27-13-6-5-7-14-27)41-33-18-9-11-20-40(33)49-44(41)48-43/h5-26H,1-4H3. The molecule has 2 aliphatic carbocycles. The molecule has 49 heavy (non-hydrogen) atoms. The van der Waals surface area contributed by atoms with Gasteiger partial charge in [-0.05, 0) is 86.0 Å². The van der Waals surface area contributed by atoms with Gasteiger partial charge in [0.15, 0.2) is 5.82 Å². The molecule has 8 aromatic rings. The van der Waals surface area contributed by atoms with Gasteiger partial charge in [-0.2, -0.15) is 0 Å². The van der Waals surface area contributed by atoms with E-state index in [2.05, 4.69) is 161 Å². The topological polar surface area (TPSA) is 25.8 Å². The largest absolute Gasteiger partial charge is 0.227 e. The van der Waals surface area contributed by atoms with Crippen molar-refractivity contribution in [2.45, 2.75) is 38.5 Å². The zero-order valence-electron chi connectivity index (χ0n) is 28.0. The van der Waals surface area contributed by atoms with Gasteiger partial charge in [-0.25, -0.2) is 9.97 Å². The number of thiophene rings is 1. The van der Waals surface area contributed by atoms with Gasteiger partial charge in [0.1, 0.15) is 4.83 Å². The zero-order valence-corrected chi connectivity index (χ0v) is 28.8. The van der Waals surface area contributed by atoms with Gasteiger partial charge >= 0.3 is 0 Å². The molecule has 0 fully saturated rings. The average Bonchev–Trinajstić information content (AvgIpc) is 3.70. The maximum absolute atomic E-state index is 5.26. The molecule has 0 aliphatic heterocycles. The number of hydrogen-bond donors (Lipinski definition) is 0. The second-order valence-electron chi connectivity index (χ2n) is 14.6. The molecule has 2 nitrogen and oxygen atoms in total. The Kier molecular flexibility index (Phi) is 5.88. The Morgan fingerprint density at radius 3 is 1.88 bits per heavy atom. The second kappa shape index (κ2) is 10.1. The van der Waals surface area contributed by atoms with E-state index < -0.39 is 0 Å². The Balaban J connectivity index is 1.09. The SMILES string of the molecule is CC1(C)c2ccccc2-c2cc3c(cc21)-c1ccc(-c2cccc(-c4nc(-c5ccccc5)c5c(n4)sc4ccccc45)c2)cc1C3(C)C. The zero-order chi connectivity index (χ0) is 33.1. The molecule has 0 bridgehead atoms. The predicted molar refractivity (Wildman–Crippen MR) is 206 cm³/mol. The van der Waals surface area contributed by atoms with Crippen LogP contribution in [-0.4, -0.2) is 9.97 Å². The van der Waals surface area contributed by atoms with E-state index in [1.54, 1.807) is 11.3 Å². The molecule has 2 heterocycles. The van der Waals surface area contributed by atoms with Crippen LogP contribution in [0.4, 0.5) is 0 Å². The van der Waals surface area contributed by atoms with E-state index in [-0.39, 0.29) is 10.8 Å². The summed E-state index contributed by atoms with van der Waals surface area (Å²) in [7, 11) is 0. The van der Waals surface area contributed by atoms with Crippen molar-refractivity contribution in [1.29, 1.82) is 0 Å². The van der Waals surface area contributed by atoms with Crippen LogP contribution in [0.25, 0.3) is 76.3 Å². The minimum atomic E-state index is -0.116. The molecule has 6 aromatic carbocycles. The first-order valence-electron chi connectivity index (χ1n) is 17.1. The van der Waals surface area contributed by atoms with E-state index >= 15 is 0 Å². The molecule has 2 aromatic heterocycles. The summed E-state index contributed by atoms with van der Waals surface area (Å²) < 4.78 is 1.23. The molecule has 0 amide bonds. The van der Waals surface area contributed by atoms with Crippen LogP contribution >= 0.6 is 11.3 Å². The highest BCUT2D eigenvalue weighted by atomic mass is 32.1. The van der Waals surface area contributed by atoms with Crippen LogP contribution < -0.4 is 0 Å². The monoisotopic (exact) mass is 646 g/mol. The van der Waals surface area contributed by atoms with Gasteiger partial charge in [0, 0.05) is 37.4 Å². The highest BCUT2D eigenvalue weighted by Crippen LogP contribution is 2.56. The maximum Gasteiger partial charge on any atom is 0.161 e. The van der Waals surface area contributed by atoms with E-state index in [1.807, 2.05) is 0 Å². The maximum atomic E-state index is 5.26. The molecular weight excluding hydrogens is 613 g/mol. The number of hydrogen-bond acceptors (Lipinski definition) is 3. The van der Waals surface area contributed by atoms with Gasteiger partial charge in [0.25, 0.3) is 0 Å². The number of rotatable bonds is 3. The molecule has 0 unspecified atom stereocenters. The lowest BCUT2D eigenvalue weighted by Crippen LogP contribution is -2.17. The Hall–Kier alpha value is -5.38. The molecule has 0 atom stereocenters. The lowest BCUT2D eigenvalue weighted by atomic mass is 9.79. The summed E-state index contributed by atoms with van der Waals surface area (Å²) in [6, 6.07) is 48.8. The highest BCUT2D eigenvalue weighted by molar-refractivity contribution is 7.25. The summed E-state index contributed by atoms with van der Waals surface area (Å²) in [5.41, 5.74) is 16.5. The van der Waals surface area contributed by atoms with Crippen LogP contribution in [0.2, 0.25) is 0 Å². The first-order chi connectivity index (χ1) is 23.8. The Morgan fingerprint density at radius 1 is 0.449 bits per heavy atom. The van der Waals surface area contributed by atoms with Gasteiger partial charge < -0.3 is 0 Å². The van der Waals surface area contributed by atoms with Crippen LogP contribution in [0.1, 0.15) is 49.9 Å². The smallest absolute Gasteiger partial charge is 0.161 e. The molecular formula is C46H34N2S. The van der Waals surface area contributed by atoms with E-state index in [0.717, 1.165) is 32.9 Å². The second-order valence-corrected chi connectivity index (χ2v) is 15.7. The van der Waals surface area contributed by atoms with E-state index in [1.165, 1.54) is 65.7 Å². The van der Waals surface area contributed by atoms with Gasteiger partial charge in [0.05, 0.1) is 5.69 Å². The Bertz CT molecular complexity index is 2660. The first-order valence-corrected chi connectivity index (χ1v) is 17.9. The molecule has 0 radical (unpaired) electrons. The summed E-state index contributed by atoms with van der Waals surface area (Å²) in [5, 5.41) is 2.34. The van der Waals surface area contributed by atoms with Crippen LogP contribution in [0.3, 0.4) is 0 Å². The lowest BCUT2D eigenvalue weighted by molar-refractivity contribution is 0.652. The number of nitrogens with zero attached hydrogens (tertiary/aromatic N) is 2. The molecule has 0 saturated heterocycles. The van der Waals surface area contributed by atoms with Crippen LogP contribution in [0, 0.1) is 0 Å². The van der Waals surface area contributed by atoms with E-state index in [9.17, 15) is 0 Å². The number of fused-ring (bicyclic) bond motifs is 9. The fourth-order valence-corrected chi connectivity index (χ4v) is 9.58. The third kappa shape index (κ3) is 4.06. The third-order valence-electron chi connectivity index (χ3n) is 11.1. The van der Waals surface area contributed by atoms with Gasteiger partial charge in [-0.3, -0.25) is 0 Å². The summed E-state index contributed by atoms with van der Waals surface area (Å²) in [5.74, 6) is 0.756. The van der Waals surface area contributed by atoms with Crippen molar-refractivity contribution in [3.8, 4) is 56.0 Å². The summed E-state index contributed by atoms with van der Waals surface area (Å²) in [4.78, 5) is 11.5. The quantitative estimate of drug-likeness (QED) is 0.191. The van der Waals surface area contributed by atoms with Crippen molar-refractivity contribution in [1.82, 2.24) is 9.97 Å². The number of benzene rings is 6. The van der Waals surface area contributed by atoms with Gasteiger partial charge in [-0.15, -0.1) is 11.3 Å². The van der Waals surface area contributed by atoms with Crippen molar-refractivity contribution in [3.63, 3.8) is 0 Å². The van der Waals surface area contributed by atoms with Crippen LogP contribution in [-0.2, 0) is 10.8 Å². The van der Waals surface area contributed by atoms with Crippen molar-refractivity contribution >= 4 is 31.6 Å². The molecule has 10 rings (SSSR count). The van der Waals surface area contributed by atoms with Gasteiger partial charge in [-0.1, -0.05) is 131 Å². The minimum Gasteiger partial charge on any atom is -0.227 e. The number of aromatic nitrogens is 2. The molecule has 2 aliphatic rings. The molecule has 0 spiro atoms. The van der Waals surface area contributed by atoms with Crippen molar-refractivity contribution < 1.29 is 0 Å². The fraction of sp³-hybridized carbons (Fsp3) is 0.130. The lowest BCUT2D eigenvalue weighted by Gasteiger charge is -2.24. The molecule has 0 saturated carbocycles. The molecule has 0 N–H and O–H groups in total. The van der Waals surface area contributed by atoms with Crippen molar-refractivity contribution in [3.05, 3.63) is 156 Å². The van der Waals surface area contributed by atoms with Crippen molar-refractivity contribution in [2.24, 2.45) is 0 Å². The summed E-state index contributed by atoms with van der Waals surface area (Å²) in [6.45, 7) is 9.50. The summed E-state index contributed by atoms with van der Waals surface area (Å²) in [6.07, 6.45) is 0. The Labute approximate surface area is 290 Å². The first kappa shape index (κ1) is 28.6. The Morgan fingerprint density at radius 2 is 1.06 bits per heavy atom. The average molecular weight is 647 g/mol.